The molecule has 1 unspecified atom stereocenters. The Morgan fingerprint density at radius 3 is 2.62 bits per heavy atom. The third kappa shape index (κ3) is 4.30. The molecule has 0 bridgehead atoms. The zero-order chi connectivity index (χ0) is 15.4. The lowest BCUT2D eigenvalue weighted by molar-refractivity contribution is -0.115. The van der Waals surface area contributed by atoms with Crippen LogP contribution >= 0.6 is 23.4 Å². The van der Waals surface area contributed by atoms with Gasteiger partial charge < -0.3 is 5.32 Å². The summed E-state index contributed by atoms with van der Waals surface area (Å²) in [7, 11) is 0. The van der Waals surface area contributed by atoms with Gasteiger partial charge >= 0.3 is 0 Å². The van der Waals surface area contributed by atoms with E-state index in [2.05, 4.69) is 20.5 Å². The lowest BCUT2D eigenvalue weighted by Gasteiger charge is -2.11. The number of hydrogen-bond donors (Lipinski definition) is 2. The second-order valence-electron chi connectivity index (χ2n) is 4.30. The molecule has 8 heteroatoms. The van der Waals surface area contributed by atoms with Gasteiger partial charge in [-0.2, -0.15) is 0 Å². The van der Waals surface area contributed by atoms with Crippen molar-refractivity contribution < 1.29 is 4.79 Å². The summed E-state index contributed by atoms with van der Waals surface area (Å²) < 4.78 is 0. The molecular formula is C13H13ClN4O2S. The summed E-state index contributed by atoms with van der Waals surface area (Å²) in [6.45, 7) is 3.28. The summed E-state index contributed by atoms with van der Waals surface area (Å²) in [5.41, 5.74) is 0.635. The number of nitrogens with one attached hydrogen (secondary N) is 2. The fraction of sp³-hybridized carbons (Fsp3) is 0.231. The van der Waals surface area contributed by atoms with Crippen molar-refractivity contribution in [1.29, 1.82) is 0 Å². The van der Waals surface area contributed by atoms with Crippen LogP contribution in [0.25, 0.3) is 0 Å². The normalized spacial score (nSPS) is 12.0. The van der Waals surface area contributed by atoms with Crippen LogP contribution in [-0.4, -0.2) is 26.3 Å². The van der Waals surface area contributed by atoms with Crippen LogP contribution in [0.3, 0.4) is 0 Å². The Labute approximate surface area is 130 Å². The number of nitrogens with zero attached hydrogens (tertiary/aromatic N) is 2. The highest BCUT2D eigenvalue weighted by atomic mass is 35.5. The molecule has 0 spiro atoms. The Balaban J connectivity index is 2.00. The molecule has 1 heterocycles. The first-order chi connectivity index (χ1) is 9.95. The number of rotatable bonds is 4. The van der Waals surface area contributed by atoms with Crippen LogP contribution in [0.2, 0.25) is 5.02 Å². The first-order valence-corrected chi connectivity index (χ1v) is 7.38. The van der Waals surface area contributed by atoms with Gasteiger partial charge in [0.15, 0.2) is 5.16 Å². The number of aromatic amines is 1. The number of H-pyrrole nitrogens is 1. The maximum atomic E-state index is 12.0. The Hall–Kier alpha value is -1.86. The number of anilines is 1. The Kier molecular flexibility index (Phi) is 4.98. The summed E-state index contributed by atoms with van der Waals surface area (Å²) >= 11 is 6.91. The zero-order valence-electron chi connectivity index (χ0n) is 11.4. The molecule has 0 radical (unpaired) electrons. The van der Waals surface area contributed by atoms with E-state index in [1.807, 2.05) is 0 Å². The zero-order valence-corrected chi connectivity index (χ0v) is 13.0. The van der Waals surface area contributed by atoms with Crippen molar-refractivity contribution in [2.45, 2.75) is 24.3 Å². The third-order valence-electron chi connectivity index (χ3n) is 2.61. The van der Waals surface area contributed by atoms with Crippen molar-refractivity contribution in [2.75, 3.05) is 5.32 Å². The smallest absolute Gasteiger partial charge is 0.273 e. The lowest BCUT2D eigenvalue weighted by atomic mass is 10.3. The number of hydrogen-bond acceptors (Lipinski definition) is 5. The first kappa shape index (κ1) is 15.5. The SMILES string of the molecule is Cc1nnc(SC(C)C(=O)Nc2ccc(Cl)cc2)[nH]c1=O. The molecular weight excluding hydrogens is 312 g/mol. The summed E-state index contributed by atoms with van der Waals surface area (Å²) in [6, 6.07) is 6.81. The van der Waals surface area contributed by atoms with Gasteiger partial charge in [0.1, 0.15) is 5.69 Å². The molecule has 0 aliphatic carbocycles. The van der Waals surface area contributed by atoms with Crippen LogP contribution in [0.1, 0.15) is 12.6 Å². The summed E-state index contributed by atoms with van der Waals surface area (Å²) in [5.74, 6) is -0.203. The Morgan fingerprint density at radius 2 is 2.00 bits per heavy atom. The molecule has 110 valence electrons. The molecule has 1 atom stereocenters. The molecule has 1 aromatic carbocycles. The van der Waals surface area contributed by atoms with Crippen LogP contribution in [0.5, 0.6) is 0 Å². The molecule has 2 rings (SSSR count). The molecule has 0 aliphatic rings. The van der Waals surface area contributed by atoms with Crippen molar-refractivity contribution in [2.24, 2.45) is 0 Å². The minimum Gasteiger partial charge on any atom is -0.325 e. The minimum atomic E-state index is -0.437. The number of carbonyl (C=O) groups excluding carboxylic acids is 1. The van der Waals surface area contributed by atoms with Gasteiger partial charge in [-0.05, 0) is 38.1 Å². The number of aromatic nitrogens is 3. The average Bonchev–Trinajstić information content (AvgIpc) is 2.45. The molecule has 0 fully saturated rings. The van der Waals surface area contributed by atoms with E-state index in [1.165, 1.54) is 0 Å². The van der Waals surface area contributed by atoms with Gasteiger partial charge in [-0.25, -0.2) is 0 Å². The molecule has 1 amide bonds. The van der Waals surface area contributed by atoms with Crippen molar-refractivity contribution in [1.82, 2.24) is 15.2 Å². The van der Waals surface area contributed by atoms with Crippen LogP contribution in [0.15, 0.2) is 34.2 Å². The fourth-order valence-electron chi connectivity index (χ4n) is 1.43. The summed E-state index contributed by atoms with van der Waals surface area (Å²) in [4.78, 5) is 26.0. The van der Waals surface area contributed by atoms with E-state index in [9.17, 15) is 9.59 Å². The fourth-order valence-corrected chi connectivity index (χ4v) is 2.30. The van der Waals surface area contributed by atoms with Gasteiger partial charge in [0.25, 0.3) is 5.56 Å². The highest BCUT2D eigenvalue weighted by molar-refractivity contribution is 8.00. The monoisotopic (exact) mass is 324 g/mol. The Bertz CT molecular complexity index is 702. The van der Waals surface area contributed by atoms with E-state index in [0.29, 0.717) is 15.9 Å². The second kappa shape index (κ2) is 6.73. The highest BCUT2D eigenvalue weighted by Gasteiger charge is 2.16. The maximum absolute atomic E-state index is 12.0. The van der Waals surface area contributed by atoms with Crippen LogP contribution in [-0.2, 0) is 4.79 Å². The number of amides is 1. The van der Waals surface area contributed by atoms with Crippen LogP contribution in [0.4, 0.5) is 5.69 Å². The molecule has 1 aromatic heterocycles. The third-order valence-corrected chi connectivity index (χ3v) is 3.84. The quantitative estimate of drug-likeness (QED) is 0.842. The van der Waals surface area contributed by atoms with E-state index in [-0.39, 0.29) is 17.2 Å². The summed E-state index contributed by atoms with van der Waals surface area (Å²) in [6.07, 6.45) is 0. The number of aryl methyl sites for hydroxylation is 1. The van der Waals surface area contributed by atoms with Gasteiger partial charge in [0, 0.05) is 10.7 Å². The molecule has 2 N–H and O–H groups in total. The van der Waals surface area contributed by atoms with E-state index in [4.69, 9.17) is 11.6 Å². The number of benzene rings is 1. The predicted molar refractivity (Wildman–Crippen MR) is 82.8 cm³/mol. The molecule has 0 saturated heterocycles. The van der Waals surface area contributed by atoms with Gasteiger partial charge in [-0.15, -0.1) is 10.2 Å². The van der Waals surface area contributed by atoms with Gasteiger partial charge in [-0.3, -0.25) is 14.6 Å². The first-order valence-electron chi connectivity index (χ1n) is 6.12. The van der Waals surface area contributed by atoms with Crippen molar-refractivity contribution in [3.63, 3.8) is 0 Å². The van der Waals surface area contributed by atoms with Crippen molar-refractivity contribution >= 4 is 35.0 Å². The van der Waals surface area contributed by atoms with Gasteiger partial charge in [0.05, 0.1) is 5.25 Å². The van der Waals surface area contributed by atoms with Crippen LogP contribution in [0, 0.1) is 6.92 Å². The van der Waals surface area contributed by atoms with Gasteiger partial charge in [-0.1, -0.05) is 23.4 Å². The van der Waals surface area contributed by atoms with Gasteiger partial charge in [0.2, 0.25) is 5.91 Å². The molecule has 21 heavy (non-hydrogen) atoms. The number of halogens is 1. The topological polar surface area (TPSA) is 87.7 Å². The Morgan fingerprint density at radius 1 is 1.33 bits per heavy atom. The minimum absolute atomic E-state index is 0.203. The van der Waals surface area contributed by atoms with Crippen LogP contribution < -0.4 is 10.9 Å². The van der Waals surface area contributed by atoms with Crippen molar-refractivity contribution in [3.8, 4) is 0 Å². The maximum Gasteiger partial charge on any atom is 0.273 e. The molecule has 6 nitrogen and oxygen atoms in total. The summed E-state index contributed by atoms with van der Waals surface area (Å²) in [5, 5.41) is 10.8. The average molecular weight is 325 g/mol. The molecule has 0 saturated carbocycles. The highest BCUT2D eigenvalue weighted by Crippen LogP contribution is 2.20. The largest absolute Gasteiger partial charge is 0.325 e. The predicted octanol–water partition coefficient (Wildman–Crippen LogP) is 2.25. The number of carbonyl (C=O) groups is 1. The van der Waals surface area contributed by atoms with E-state index in [1.54, 1.807) is 38.1 Å². The molecule has 0 aliphatic heterocycles. The standard InChI is InChI=1S/C13H13ClN4O2S/c1-7-11(19)16-13(18-17-7)21-8(2)12(20)15-10-5-3-9(14)4-6-10/h3-6,8H,1-2H3,(H,15,20)(H,16,18,19). The van der Waals surface area contributed by atoms with E-state index < -0.39 is 5.25 Å². The molecule has 2 aromatic rings. The second-order valence-corrected chi connectivity index (χ2v) is 6.07. The lowest BCUT2D eigenvalue weighted by Crippen LogP contribution is -2.23. The number of thioether (sulfide) groups is 1. The van der Waals surface area contributed by atoms with Crippen molar-refractivity contribution in [3.05, 3.63) is 45.3 Å². The van der Waals surface area contributed by atoms with E-state index >= 15 is 0 Å². The van der Waals surface area contributed by atoms with E-state index in [0.717, 1.165) is 11.8 Å².